The second kappa shape index (κ2) is 5.07. The molecule has 0 aliphatic heterocycles. The highest BCUT2D eigenvalue weighted by atomic mass is 16.2. The Balaban J connectivity index is 2.82. The molecule has 0 fully saturated rings. The second-order valence-corrected chi connectivity index (χ2v) is 2.47. The molecule has 0 spiro atoms. The van der Waals surface area contributed by atoms with Gasteiger partial charge in [0.25, 0.3) is 0 Å². The van der Waals surface area contributed by atoms with Crippen molar-refractivity contribution >= 4 is 6.08 Å². The molecule has 0 saturated carbocycles. The summed E-state index contributed by atoms with van der Waals surface area (Å²) in [6.45, 7) is 0.124. The van der Waals surface area contributed by atoms with Crippen molar-refractivity contribution in [1.82, 2.24) is 4.98 Å². The lowest BCUT2D eigenvalue weighted by molar-refractivity contribution is 0.303. The van der Waals surface area contributed by atoms with Gasteiger partial charge in [-0.2, -0.15) is 5.26 Å². The molecule has 13 heavy (non-hydrogen) atoms. The molecular formula is C10H10N2O. The van der Waals surface area contributed by atoms with Crippen LogP contribution in [0.2, 0.25) is 0 Å². The summed E-state index contributed by atoms with van der Waals surface area (Å²) in [5, 5.41) is 17.2. The average molecular weight is 174 g/mol. The third kappa shape index (κ3) is 2.69. The number of aromatic nitrogens is 1. The lowest BCUT2D eigenvalue weighted by atomic mass is 10.2. The van der Waals surface area contributed by atoms with Gasteiger partial charge >= 0.3 is 0 Å². The minimum absolute atomic E-state index is 0.124. The Hall–Kier alpha value is -1.66. The first-order valence-electron chi connectivity index (χ1n) is 4.01. The first-order valence-corrected chi connectivity index (χ1v) is 4.01. The molecule has 0 unspecified atom stereocenters. The van der Waals surface area contributed by atoms with Gasteiger partial charge in [0.2, 0.25) is 0 Å². The molecular weight excluding hydrogens is 164 g/mol. The van der Waals surface area contributed by atoms with E-state index in [1.54, 1.807) is 18.3 Å². The maximum absolute atomic E-state index is 8.68. The first-order chi connectivity index (χ1) is 6.38. The fourth-order valence-corrected chi connectivity index (χ4v) is 0.930. The zero-order chi connectivity index (χ0) is 9.52. The Morgan fingerprint density at radius 2 is 2.46 bits per heavy atom. The van der Waals surface area contributed by atoms with Crippen LogP contribution in [0, 0.1) is 11.3 Å². The Morgan fingerprint density at radius 1 is 1.62 bits per heavy atom. The van der Waals surface area contributed by atoms with Crippen LogP contribution in [0.25, 0.3) is 6.08 Å². The summed E-state index contributed by atoms with van der Waals surface area (Å²) in [5.41, 5.74) is 1.20. The highest BCUT2D eigenvalue weighted by molar-refractivity contribution is 5.54. The van der Waals surface area contributed by atoms with Crippen LogP contribution < -0.4 is 0 Å². The maximum Gasteiger partial charge on any atom is 0.147 e. The van der Waals surface area contributed by atoms with Gasteiger partial charge in [-0.15, -0.1) is 0 Å². The lowest BCUT2D eigenvalue weighted by Crippen LogP contribution is -1.85. The average Bonchev–Trinajstić information content (AvgIpc) is 2.19. The Kier molecular flexibility index (Phi) is 3.68. The van der Waals surface area contributed by atoms with E-state index in [9.17, 15) is 0 Å². The van der Waals surface area contributed by atoms with Crippen LogP contribution in [-0.2, 0) is 0 Å². The highest BCUT2D eigenvalue weighted by Crippen LogP contribution is 2.06. The Labute approximate surface area is 77.0 Å². The number of aliphatic hydroxyl groups is 1. The summed E-state index contributed by atoms with van der Waals surface area (Å²) in [4.78, 5) is 3.90. The van der Waals surface area contributed by atoms with Crippen LogP contribution in [0.4, 0.5) is 0 Å². The molecule has 0 radical (unpaired) electrons. The predicted molar refractivity (Wildman–Crippen MR) is 49.7 cm³/mol. The van der Waals surface area contributed by atoms with Crippen molar-refractivity contribution in [3.8, 4) is 6.07 Å². The van der Waals surface area contributed by atoms with Crippen LogP contribution in [0.5, 0.6) is 0 Å². The molecule has 1 heterocycles. The largest absolute Gasteiger partial charge is 0.396 e. The summed E-state index contributed by atoms with van der Waals surface area (Å²) in [6, 6.07) is 5.59. The summed E-state index contributed by atoms with van der Waals surface area (Å²) >= 11 is 0. The van der Waals surface area contributed by atoms with Crippen LogP contribution in [-0.4, -0.2) is 16.7 Å². The van der Waals surface area contributed by atoms with Gasteiger partial charge < -0.3 is 5.11 Å². The number of hydrogen-bond donors (Lipinski definition) is 1. The molecule has 0 bridgehead atoms. The first kappa shape index (κ1) is 9.43. The van der Waals surface area contributed by atoms with Gasteiger partial charge in [0.1, 0.15) is 11.8 Å². The van der Waals surface area contributed by atoms with E-state index in [-0.39, 0.29) is 6.61 Å². The number of nitrogens with zero attached hydrogens (tertiary/aromatic N) is 2. The lowest BCUT2D eigenvalue weighted by Gasteiger charge is -1.94. The zero-order valence-corrected chi connectivity index (χ0v) is 7.14. The minimum atomic E-state index is 0.124. The maximum atomic E-state index is 8.68. The van der Waals surface area contributed by atoms with Crippen molar-refractivity contribution in [1.29, 1.82) is 5.26 Å². The van der Waals surface area contributed by atoms with Crippen LogP contribution >= 0.6 is 0 Å². The van der Waals surface area contributed by atoms with Crippen LogP contribution in [0.3, 0.4) is 0 Å². The standard InChI is InChI=1S/C10H10N2O/c11-8-10-9(4-1-2-7-13)5-3-6-12-10/h1,3-6,13H,2,7H2. The summed E-state index contributed by atoms with van der Waals surface area (Å²) in [5.74, 6) is 0. The van der Waals surface area contributed by atoms with E-state index >= 15 is 0 Å². The Bertz CT molecular complexity index is 339. The van der Waals surface area contributed by atoms with Gasteiger partial charge in [-0.25, -0.2) is 4.98 Å². The van der Waals surface area contributed by atoms with Crippen molar-refractivity contribution in [3.63, 3.8) is 0 Å². The molecule has 0 atom stereocenters. The van der Waals surface area contributed by atoms with Crippen LogP contribution in [0.1, 0.15) is 17.7 Å². The van der Waals surface area contributed by atoms with Crippen molar-refractivity contribution in [3.05, 3.63) is 35.7 Å². The summed E-state index contributed by atoms with van der Waals surface area (Å²) in [6.07, 6.45) is 5.79. The molecule has 3 nitrogen and oxygen atoms in total. The number of rotatable bonds is 3. The van der Waals surface area contributed by atoms with Crippen molar-refractivity contribution in [2.45, 2.75) is 6.42 Å². The molecule has 1 aromatic rings. The van der Waals surface area contributed by atoms with Gasteiger partial charge in [0, 0.05) is 18.4 Å². The number of hydrogen-bond acceptors (Lipinski definition) is 3. The van der Waals surface area contributed by atoms with E-state index in [0.717, 1.165) is 5.56 Å². The third-order valence-corrected chi connectivity index (χ3v) is 1.54. The number of aliphatic hydroxyl groups excluding tert-OH is 1. The fraction of sp³-hybridized carbons (Fsp3) is 0.200. The van der Waals surface area contributed by atoms with E-state index < -0.39 is 0 Å². The molecule has 0 aromatic carbocycles. The van der Waals surface area contributed by atoms with Gasteiger partial charge in [-0.3, -0.25) is 0 Å². The van der Waals surface area contributed by atoms with E-state index in [2.05, 4.69) is 4.98 Å². The molecule has 0 aliphatic carbocycles. The van der Waals surface area contributed by atoms with Crippen LogP contribution in [0.15, 0.2) is 24.4 Å². The minimum Gasteiger partial charge on any atom is -0.396 e. The molecule has 1 N–H and O–H groups in total. The quantitative estimate of drug-likeness (QED) is 0.752. The molecule has 1 rings (SSSR count). The van der Waals surface area contributed by atoms with E-state index in [0.29, 0.717) is 12.1 Å². The Morgan fingerprint density at radius 3 is 3.15 bits per heavy atom. The van der Waals surface area contributed by atoms with E-state index in [4.69, 9.17) is 10.4 Å². The molecule has 0 saturated heterocycles. The topological polar surface area (TPSA) is 56.9 Å². The van der Waals surface area contributed by atoms with Crippen molar-refractivity contribution in [2.24, 2.45) is 0 Å². The normalized spacial score (nSPS) is 10.2. The van der Waals surface area contributed by atoms with E-state index in [1.165, 1.54) is 0 Å². The van der Waals surface area contributed by atoms with Crippen molar-refractivity contribution < 1.29 is 5.11 Å². The molecule has 0 amide bonds. The predicted octanol–water partition coefficient (Wildman–Crippen LogP) is 1.35. The molecule has 66 valence electrons. The molecule has 1 aromatic heterocycles. The number of nitriles is 1. The van der Waals surface area contributed by atoms with Gasteiger partial charge in [0.15, 0.2) is 0 Å². The summed E-state index contributed by atoms with van der Waals surface area (Å²) in [7, 11) is 0. The fourth-order valence-electron chi connectivity index (χ4n) is 0.930. The second-order valence-electron chi connectivity index (χ2n) is 2.47. The smallest absolute Gasteiger partial charge is 0.147 e. The zero-order valence-electron chi connectivity index (χ0n) is 7.14. The monoisotopic (exact) mass is 174 g/mol. The van der Waals surface area contributed by atoms with E-state index in [1.807, 2.05) is 18.2 Å². The molecule has 3 heteroatoms. The number of pyridine rings is 1. The summed E-state index contributed by atoms with van der Waals surface area (Å²) < 4.78 is 0. The van der Waals surface area contributed by atoms with Crippen molar-refractivity contribution in [2.75, 3.05) is 6.61 Å². The van der Waals surface area contributed by atoms with Gasteiger partial charge in [-0.1, -0.05) is 18.2 Å². The third-order valence-electron chi connectivity index (χ3n) is 1.54. The SMILES string of the molecule is N#Cc1ncccc1C=CCCO. The van der Waals surface area contributed by atoms with Gasteiger partial charge in [0.05, 0.1) is 0 Å². The molecule has 0 aliphatic rings. The van der Waals surface area contributed by atoms with Gasteiger partial charge in [-0.05, 0) is 12.5 Å². The highest BCUT2D eigenvalue weighted by Gasteiger charge is 1.96.